The van der Waals surface area contributed by atoms with Crippen LogP contribution >= 0.6 is 11.3 Å². The Bertz CT molecular complexity index is 789. The van der Waals surface area contributed by atoms with Crippen molar-refractivity contribution in [1.82, 2.24) is 10.2 Å². The first-order chi connectivity index (χ1) is 12.5. The maximum atomic E-state index is 12.9. The molecule has 1 aromatic heterocycles. The summed E-state index contributed by atoms with van der Waals surface area (Å²) in [7, 11) is 1.74. The highest BCUT2D eigenvalue weighted by molar-refractivity contribution is 7.12. The van der Waals surface area contributed by atoms with Crippen LogP contribution in [0, 0.1) is 5.92 Å². The number of fused-ring (bicyclic) bond motifs is 1. The summed E-state index contributed by atoms with van der Waals surface area (Å²) in [6, 6.07) is 8.61. The van der Waals surface area contributed by atoms with Gasteiger partial charge in [-0.15, -0.1) is 11.3 Å². The molecule has 0 saturated carbocycles. The molecule has 1 aromatic carbocycles. The molecule has 1 aliphatic heterocycles. The molecule has 2 heterocycles. The summed E-state index contributed by atoms with van der Waals surface area (Å²) < 4.78 is 10.7. The van der Waals surface area contributed by atoms with Crippen LogP contribution in [0.1, 0.15) is 29.1 Å². The average Bonchev–Trinajstić information content (AvgIpc) is 3.29. The van der Waals surface area contributed by atoms with Crippen LogP contribution in [0.3, 0.4) is 0 Å². The van der Waals surface area contributed by atoms with Gasteiger partial charge in [0, 0.05) is 13.6 Å². The Morgan fingerprint density at radius 3 is 2.69 bits per heavy atom. The van der Waals surface area contributed by atoms with Gasteiger partial charge in [-0.05, 0) is 35.1 Å². The highest BCUT2D eigenvalue weighted by Gasteiger charge is 2.28. The van der Waals surface area contributed by atoms with Crippen LogP contribution in [0.25, 0.3) is 0 Å². The van der Waals surface area contributed by atoms with E-state index in [4.69, 9.17) is 9.47 Å². The molecular formula is C19H22N2O4S. The monoisotopic (exact) mass is 374 g/mol. The van der Waals surface area contributed by atoms with Gasteiger partial charge in [-0.2, -0.15) is 0 Å². The number of hydrogen-bond donors (Lipinski definition) is 1. The van der Waals surface area contributed by atoms with Crippen molar-refractivity contribution in [2.45, 2.75) is 26.4 Å². The van der Waals surface area contributed by atoms with Crippen molar-refractivity contribution in [3.8, 4) is 11.5 Å². The summed E-state index contributed by atoms with van der Waals surface area (Å²) in [5, 5.41) is 4.70. The predicted molar refractivity (Wildman–Crippen MR) is 99.5 cm³/mol. The van der Waals surface area contributed by atoms with Crippen LogP contribution in [-0.4, -0.2) is 36.6 Å². The Labute approximate surface area is 156 Å². The molecule has 0 saturated heterocycles. The van der Waals surface area contributed by atoms with E-state index in [1.165, 1.54) is 11.3 Å². The second kappa shape index (κ2) is 7.78. The predicted octanol–water partition coefficient (Wildman–Crippen LogP) is 2.89. The smallest absolute Gasteiger partial charge is 0.262 e. The summed E-state index contributed by atoms with van der Waals surface area (Å²) in [5.74, 6) is 1.04. The number of ether oxygens (including phenoxy) is 2. The molecule has 0 spiro atoms. The summed E-state index contributed by atoms with van der Waals surface area (Å²) in [4.78, 5) is 27.4. The lowest BCUT2D eigenvalue weighted by Crippen LogP contribution is -2.49. The number of carbonyl (C=O) groups is 2. The largest absolute Gasteiger partial charge is 0.454 e. The summed E-state index contributed by atoms with van der Waals surface area (Å²) in [6.45, 7) is 4.49. The molecule has 1 aliphatic rings. The van der Waals surface area contributed by atoms with Crippen molar-refractivity contribution >= 4 is 23.2 Å². The minimum absolute atomic E-state index is 0.0226. The number of nitrogens with one attached hydrogen (secondary N) is 1. The number of benzene rings is 1. The molecule has 26 heavy (non-hydrogen) atoms. The third kappa shape index (κ3) is 3.99. The van der Waals surface area contributed by atoms with Crippen molar-refractivity contribution in [1.29, 1.82) is 0 Å². The molecule has 0 bridgehead atoms. The van der Waals surface area contributed by atoms with E-state index >= 15 is 0 Å². The minimum Gasteiger partial charge on any atom is -0.454 e. The number of carbonyl (C=O) groups excluding carboxylic acids is 2. The third-order valence-electron chi connectivity index (χ3n) is 4.20. The average molecular weight is 374 g/mol. The Morgan fingerprint density at radius 2 is 2.00 bits per heavy atom. The molecule has 6 nitrogen and oxygen atoms in total. The van der Waals surface area contributed by atoms with Crippen molar-refractivity contribution in [2.75, 3.05) is 13.8 Å². The van der Waals surface area contributed by atoms with E-state index in [0.717, 1.165) is 5.56 Å². The number of hydrogen-bond acceptors (Lipinski definition) is 5. The lowest BCUT2D eigenvalue weighted by molar-refractivity contribution is -0.133. The molecule has 1 unspecified atom stereocenters. The zero-order chi connectivity index (χ0) is 18.7. The summed E-state index contributed by atoms with van der Waals surface area (Å²) in [6.07, 6.45) is 0. The lowest BCUT2D eigenvalue weighted by atomic mass is 10.0. The number of amides is 2. The fourth-order valence-electron chi connectivity index (χ4n) is 2.76. The number of nitrogens with zero attached hydrogens (tertiary/aromatic N) is 1. The molecule has 138 valence electrons. The van der Waals surface area contributed by atoms with Gasteiger partial charge in [-0.1, -0.05) is 26.0 Å². The second-order valence-corrected chi connectivity index (χ2v) is 7.50. The van der Waals surface area contributed by atoms with Gasteiger partial charge in [-0.25, -0.2) is 0 Å². The van der Waals surface area contributed by atoms with E-state index in [-0.39, 0.29) is 24.5 Å². The number of likely N-dealkylation sites (N-methyl/N-ethyl adjacent to an activating group) is 1. The topological polar surface area (TPSA) is 67.9 Å². The van der Waals surface area contributed by atoms with E-state index in [1.807, 2.05) is 43.5 Å². The minimum atomic E-state index is -0.580. The van der Waals surface area contributed by atoms with Crippen molar-refractivity contribution in [3.05, 3.63) is 46.2 Å². The zero-order valence-corrected chi connectivity index (χ0v) is 15.8. The van der Waals surface area contributed by atoms with Crippen molar-refractivity contribution < 1.29 is 19.1 Å². The Hall–Kier alpha value is -2.54. The van der Waals surface area contributed by atoms with Crippen LogP contribution in [0.4, 0.5) is 0 Å². The first-order valence-corrected chi connectivity index (χ1v) is 9.31. The van der Waals surface area contributed by atoms with Crippen molar-refractivity contribution in [2.24, 2.45) is 5.92 Å². The SMILES string of the molecule is CC(C)C(NC(=O)c1cccs1)C(=O)N(C)Cc1ccc2c(c1)OCO2. The van der Waals surface area contributed by atoms with Crippen LogP contribution in [0.2, 0.25) is 0 Å². The van der Waals surface area contributed by atoms with E-state index in [2.05, 4.69) is 5.32 Å². The Morgan fingerprint density at radius 1 is 1.23 bits per heavy atom. The second-order valence-electron chi connectivity index (χ2n) is 6.55. The van der Waals surface area contributed by atoms with E-state index < -0.39 is 6.04 Å². The molecule has 2 amide bonds. The maximum Gasteiger partial charge on any atom is 0.262 e. The zero-order valence-electron chi connectivity index (χ0n) is 15.0. The molecule has 3 rings (SSSR count). The van der Waals surface area contributed by atoms with Gasteiger partial charge in [0.25, 0.3) is 5.91 Å². The molecular weight excluding hydrogens is 352 g/mol. The first kappa shape index (κ1) is 18.3. The summed E-state index contributed by atoms with van der Waals surface area (Å²) >= 11 is 1.36. The number of thiophene rings is 1. The third-order valence-corrected chi connectivity index (χ3v) is 5.07. The summed E-state index contributed by atoms with van der Waals surface area (Å²) in [5.41, 5.74) is 0.942. The van der Waals surface area contributed by atoms with Crippen LogP contribution in [0.5, 0.6) is 11.5 Å². The van der Waals surface area contributed by atoms with Crippen LogP contribution in [0.15, 0.2) is 35.7 Å². The van der Waals surface area contributed by atoms with E-state index in [9.17, 15) is 9.59 Å². The Kier molecular flexibility index (Phi) is 5.46. The standard InChI is InChI=1S/C19H22N2O4S/c1-12(2)17(20-18(22)16-5-4-8-26-16)19(23)21(3)10-13-6-7-14-15(9-13)25-11-24-14/h4-9,12,17H,10-11H2,1-3H3,(H,20,22). The molecule has 7 heteroatoms. The van der Waals surface area contributed by atoms with Gasteiger partial charge in [-0.3, -0.25) is 9.59 Å². The van der Waals surface area contributed by atoms with Gasteiger partial charge < -0.3 is 19.7 Å². The maximum absolute atomic E-state index is 12.9. The van der Waals surface area contributed by atoms with Crippen LogP contribution < -0.4 is 14.8 Å². The molecule has 0 aliphatic carbocycles. The van der Waals surface area contributed by atoms with E-state index in [0.29, 0.717) is 22.9 Å². The molecule has 0 fully saturated rings. The normalized spacial score (nSPS) is 13.5. The fraction of sp³-hybridized carbons (Fsp3) is 0.368. The van der Waals surface area contributed by atoms with Gasteiger partial charge >= 0.3 is 0 Å². The lowest BCUT2D eigenvalue weighted by Gasteiger charge is -2.27. The van der Waals surface area contributed by atoms with Crippen molar-refractivity contribution in [3.63, 3.8) is 0 Å². The fourth-order valence-corrected chi connectivity index (χ4v) is 3.39. The first-order valence-electron chi connectivity index (χ1n) is 8.43. The van der Waals surface area contributed by atoms with Gasteiger partial charge in [0.2, 0.25) is 12.7 Å². The van der Waals surface area contributed by atoms with Gasteiger partial charge in [0.05, 0.1) is 4.88 Å². The quantitative estimate of drug-likeness (QED) is 0.844. The van der Waals surface area contributed by atoms with Gasteiger partial charge in [0.1, 0.15) is 6.04 Å². The van der Waals surface area contributed by atoms with E-state index in [1.54, 1.807) is 18.0 Å². The molecule has 1 N–H and O–H groups in total. The highest BCUT2D eigenvalue weighted by atomic mass is 32.1. The molecule has 2 aromatic rings. The van der Waals surface area contributed by atoms with Gasteiger partial charge in [0.15, 0.2) is 11.5 Å². The number of rotatable bonds is 6. The molecule has 1 atom stereocenters. The van der Waals surface area contributed by atoms with Crippen LogP contribution in [-0.2, 0) is 11.3 Å². The Balaban J connectivity index is 1.67. The molecule has 0 radical (unpaired) electrons. The highest BCUT2D eigenvalue weighted by Crippen LogP contribution is 2.32.